The molecule has 6 heteroatoms. The molecule has 0 aliphatic rings. The highest BCUT2D eigenvalue weighted by molar-refractivity contribution is 7.90. The first kappa shape index (κ1) is 24.4. The quantitative estimate of drug-likeness (QED) is 0.392. The summed E-state index contributed by atoms with van der Waals surface area (Å²) in [6.07, 6.45) is 2.77. The predicted molar refractivity (Wildman–Crippen MR) is 114 cm³/mol. The molecule has 1 aromatic rings. The zero-order valence-corrected chi connectivity index (χ0v) is 17.2. The first-order chi connectivity index (χ1) is 12.4. The van der Waals surface area contributed by atoms with Crippen LogP contribution in [-0.4, -0.2) is 49.4 Å². The molecule has 146 valence electrons. The largest absolute Gasteiger partial charge is 0.395 e. The average molecular weight is 380 g/mol. The first-order valence-corrected chi connectivity index (χ1v) is 9.28. The number of rotatable bonds is 9. The van der Waals surface area contributed by atoms with Gasteiger partial charge in [0.2, 0.25) is 5.91 Å². The van der Waals surface area contributed by atoms with Crippen molar-refractivity contribution in [3.8, 4) is 0 Å². The normalized spacial score (nSPS) is 13.6. The van der Waals surface area contributed by atoms with E-state index >= 15 is 0 Å². The fourth-order valence-electron chi connectivity index (χ4n) is 2.36. The minimum Gasteiger partial charge on any atom is -0.395 e. The summed E-state index contributed by atoms with van der Waals surface area (Å²) in [5, 5.41) is 17.7. The van der Waals surface area contributed by atoms with Gasteiger partial charge in [-0.05, 0) is 38.2 Å². The van der Waals surface area contributed by atoms with Crippen molar-refractivity contribution >= 4 is 30.2 Å². The van der Waals surface area contributed by atoms with Crippen molar-refractivity contribution < 1.29 is 9.90 Å². The van der Waals surface area contributed by atoms with Gasteiger partial charge in [0.15, 0.2) is 0 Å². The molecule has 0 aliphatic heterocycles. The number of nitrogens with zero attached hydrogens (tertiary/aromatic N) is 1. The molecule has 0 saturated heterocycles. The lowest BCUT2D eigenvalue weighted by Gasteiger charge is -2.26. The summed E-state index contributed by atoms with van der Waals surface area (Å²) in [4.78, 5) is 15.3. The van der Waals surface area contributed by atoms with Gasteiger partial charge >= 0.3 is 0 Å². The summed E-state index contributed by atoms with van der Waals surface area (Å²) in [6, 6.07) is 8.00. The Labute approximate surface area is 163 Å². The maximum Gasteiger partial charge on any atom is 0.223 e. The van der Waals surface area contributed by atoms with Gasteiger partial charge in [0.25, 0.3) is 0 Å². The summed E-state index contributed by atoms with van der Waals surface area (Å²) in [7, 11) is 1.94. The topological polar surface area (TPSA) is 76.4 Å². The highest BCUT2D eigenvalue weighted by Crippen LogP contribution is 2.22. The van der Waals surface area contributed by atoms with Gasteiger partial charge in [0.1, 0.15) is 0 Å². The van der Waals surface area contributed by atoms with E-state index in [1.807, 2.05) is 63.1 Å². The van der Waals surface area contributed by atoms with E-state index < -0.39 is 0 Å². The second kappa shape index (κ2) is 13.6. The second-order valence-corrected chi connectivity index (χ2v) is 6.63. The van der Waals surface area contributed by atoms with E-state index in [2.05, 4.69) is 24.7 Å². The summed E-state index contributed by atoms with van der Waals surface area (Å²) >= 11 is 4.44. The fourth-order valence-corrected chi connectivity index (χ4v) is 2.51. The molecule has 1 amide bonds. The molecule has 1 aromatic carbocycles. The zero-order valence-electron chi connectivity index (χ0n) is 16.3. The van der Waals surface area contributed by atoms with Crippen LogP contribution in [0.3, 0.4) is 0 Å². The number of carbonyl (C=O) groups is 1. The minimum absolute atomic E-state index is 0.0120. The molecule has 1 rings (SSSR count). The Balaban J connectivity index is 0.00000301. The van der Waals surface area contributed by atoms with Gasteiger partial charge in [-0.3, -0.25) is 4.79 Å². The van der Waals surface area contributed by atoms with Gasteiger partial charge in [-0.15, -0.1) is 12.6 Å². The highest BCUT2D eigenvalue weighted by atomic mass is 32.1. The van der Waals surface area contributed by atoms with Crippen molar-refractivity contribution in [3.05, 3.63) is 41.5 Å². The maximum atomic E-state index is 12.3. The van der Waals surface area contributed by atoms with Gasteiger partial charge in [0, 0.05) is 23.9 Å². The standard InChI is InChI=1S/C19H30N2O2S.CH3N/c1-5-14(3)19(23)20-17(13-21(4)11-12-22)15-7-9-16(10-8-15)18(24)6-2;1-2/h6-10,14,17,22,24H,5,11-13H2,1-4H3,(H,20,23);2H,1H2/b18-6+;/t14?,17-;/m0./s1. The van der Waals surface area contributed by atoms with Crippen molar-refractivity contribution in [2.45, 2.75) is 33.2 Å². The number of likely N-dealkylation sites (N-methyl/N-ethyl adjacent to an activating group) is 1. The summed E-state index contributed by atoms with van der Waals surface area (Å²) in [6.45, 7) is 9.73. The van der Waals surface area contributed by atoms with Crippen LogP contribution in [-0.2, 0) is 4.79 Å². The number of allylic oxidation sites excluding steroid dienone is 1. The summed E-state index contributed by atoms with van der Waals surface area (Å²) < 4.78 is 0. The van der Waals surface area contributed by atoms with Crippen LogP contribution in [0.4, 0.5) is 0 Å². The van der Waals surface area contributed by atoms with Gasteiger partial charge in [0.05, 0.1) is 12.6 Å². The number of benzene rings is 1. The van der Waals surface area contributed by atoms with Crippen LogP contribution in [0.15, 0.2) is 30.3 Å². The number of nitrogens with one attached hydrogen (secondary N) is 2. The van der Waals surface area contributed by atoms with Crippen LogP contribution >= 0.6 is 12.6 Å². The molecule has 0 spiro atoms. The molecule has 0 saturated carbocycles. The molecule has 1 unspecified atom stereocenters. The number of aliphatic hydroxyl groups excluding tert-OH is 1. The molecule has 0 radical (unpaired) electrons. The molecule has 0 aromatic heterocycles. The van der Waals surface area contributed by atoms with Crippen LogP contribution in [0.1, 0.15) is 44.4 Å². The fraction of sp³-hybridized carbons (Fsp3) is 0.500. The Morgan fingerprint density at radius 2 is 1.96 bits per heavy atom. The number of thiol groups is 1. The van der Waals surface area contributed by atoms with Crippen molar-refractivity contribution in [2.24, 2.45) is 5.92 Å². The van der Waals surface area contributed by atoms with Crippen LogP contribution in [0, 0.1) is 11.3 Å². The highest BCUT2D eigenvalue weighted by Gasteiger charge is 2.19. The van der Waals surface area contributed by atoms with Gasteiger partial charge in [-0.2, -0.15) is 0 Å². The van der Waals surface area contributed by atoms with Crippen LogP contribution in [0.25, 0.3) is 4.91 Å². The van der Waals surface area contributed by atoms with E-state index in [1.165, 1.54) is 0 Å². The number of hydrogen-bond donors (Lipinski definition) is 4. The Bertz CT molecular complexity index is 561. The van der Waals surface area contributed by atoms with Crippen LogP contribution < -0.4 is 5.32 Å². The van der Waals surface area contributed by atoms with Crippen LogP contribution in [0.5, 0.6) is 0 Å². The smallest absolute Gasteiger partial charge is 0.223 e. The van der Waals surface area contributed by atoms with Crippen molar-refractivity contribution in [2.75, 3.05) is 26.7 Å². The summed E-state index contributed by atoms with van der Waals surface area (Å²) in [5.41, 5.74) is 2.11. The van der Waals surface area contributed by atoms with E-state index in [4.69, 9.17) is 10.5 Å². The van der Waals surface area contributed by atoms with E-state index in [-0.39, 0.29) is 24.5 Å². The average Bonchev–Trinajstić information content (AvgIpc) is 2.67. The lowest BCUT2D eigenvalue weighted by molar-refractivity contribution is -0.125. The Morgan fingerprint density at radius 1 is 1.38 bits per heavy atom. The van der Waals surface area contributed by atoms with E-state index in [9.17, 15) is 4.79 Å². The van der Waals surface area contributed by atoms with Crippen molar-refractivity contribution in [1.29, 1.82) is 5.41 Å². The Kier molecular flexibility index (Phi) is 12.7. The second-order valence-electron chi connectivity index (χ2n) is 6.15. The number of hydrogen-bond acceptors (Lipinski definition) is 5. The zero-order chi connectivity index (χ0) is 20.1. The van der Waals surface area contributed by atoms with Crippen LogP contribution in [0.2, 0.25) is 0 Å². The Morgan fingerprint density at radius 3 is 2.42 bits per heavy atom. The molecule has 0 heterocycles. The molecule has 26 heavy (non-hydrogen) atoms. The molecule has 3 N–H and O–H groups in total. The van der Waals surface area contributed by atoms with Gasteiger partial charge < -0.3 is 20.7 Å². The van der Waals surface area contributed by atoms with E-state index in [0.29, 0.717) is 13.1 Å². The predicted octanol–water partition coefficient (Wildman–Crippen LogP) is 3.37. The van der Waals surface area contributed by atoms with Crippen molar-refractivity contribution in [3.63, 3.8) is 0 Å². The third-order valence-corrected chi connectivity index (χ3v) is 4.75. The lowest BCUT2D eigenvalue weighted by Crippen LogP contribution is -2.39. The van der Waals surface area contributed by atoms with Crippen molar-refractivity contribution in [1.82, 2.24) is 10.2 Å². The summed E-state index contributed by atoms with van der Waals surface area (Å²) in [5.74, 6) is 0.0503. The van der Waals surface area contributed by atoms with E-state index in [0.717, 1.165) is 22.5 Å². The molecule has 0 fully saturated rings. The number of amides is 1. The molecule has 5 nitrogen and oxygen atoms in total. The molecule has 0 bridgehead atoms. The SMILES string of the molecule is C/C=C(/S)c1ccc([C@H](CN(C)CCO)NC(=O)C(C)CC)cc1.C=N. The Hall–Kier alpha value is -1.63. The van der Waals surface area contributed by atoms with Gasteiger partial charge in [-0.25, -0.2) is 0 Å². The molecule has 0 aliphatic carbocycles. The van der Waals surface area contributed by atoms with Gasteiger partial charge in [-0.1, -0.05) is 44.2 Å². The number of aliphatic hydroxyl groups is 1. The molecule has 2 atom stereocenters. The molecular formula is C20H33N3O2S. The third-order valence-electron chi connectivity index (χ3n) is 4.23. The van der Waals surface area contributed by atoms with E-state index in [1.54, 1.807) is 0 Å². The number of carbonyl (C=O) groups excluding carboxylic acids is 1. The molecular weight excluding hydrogens is 346 g/mol. The maximum absolute atomic E-state index is 12.3. The minimum atomic E-state index is -0.105. The third kappa shape index (κ3) is 8.17. The lowest BCUT2D eigenvalue weighted by atomic mass is 10.0. The monoisotopic (exact) mass is 379 g/mol. The first-order valence-electron chi connectivity index (χ1n) is 8.83.